The van der Waals surface area contributed by atoms with E-state index in [2.05, 4.69) is 11.3 Å². The zero-order valence-electron chi connectivity index (χ0n) is 9.56. The van der Waals surface area contributed by atoms with Crippen molar-refractivity contribution in [2.24, 2.45) is 0 Å². The van der Waals surface area contributed by atoms with E-state index in [9.17, 15) is 19.2 Å². The fraction of sp³-hybridized carbons (Fsp3) is 0.200. The van der Waals surface area contributed by atoms with Gasteiger partial charge in [-0.05, 0) is 0 Å². The normalized spacial score (nSPS) is 9.61. The molecule has 0 radical (unpaired) electrons. The lowest BCUT2D eigenvalue weighted by molar-refractivity contribution is 0.0934. The van der Waals surface area contributed by atoms with E-state index < -0.39 is 23.2 Å². The van der Waals surface area contributed by atoms with Gasteiger partial charge >= 0.3 is 11.8 Å². The van der Waals surface area contributed by atoms with Gasteiger partial charge in [-0.25, -0.2) is 9.59 Å². The first-order chi connectivity index (χ1) is 8.49. The van der Waals surface area contributed by atoms with Crippen LogP contribution in [-0.2, 0) is 11.3 Å². The summed E-state index contributed by atoms with van der Waals surface area (Å²) in [4.78, 5) is 47.0. The van der Waals surface area contributed by atoms with E-state index in [1.165, 1.54) is 6.08 Å². The molecule has 1 rings (SSSR count). The van der Waals surface area contributed by atoms with E-state index >= 15 is 0 Å². The number of ether oxygens (including phenoxy) is 1. The van der Waals surface area contributed by atoms with Crippen molar-refractivity contribution in [1.29, 1.82) is 0 Å². The smallest absolute Gasteiger partial charge is 0.413 e. The Morgan fingerprint density at radius 1 is 1.56 bits per heavy atom. The molecule has 18 heavy (non-hydrogen) atoms. The molecule has 0 saturated heterocycles. The molecule has 0 fully saturated rings. The number of allylic oxidation sites excluding steroid dienone is 1. The number of rotatable bonds is 3. The van der Waals surface area contributed by atoms with Gasteiger partial charge < -0.3 is 4.74 Å². The summed E-state index contributed by atoms with van der Waals surface area (Å²) in [5, 5.41) is 1.81. The standard InChI is InChI=1S/C10H11N3O5/c1-3-4-13-5-6(7(14)11-9(13)16)8(15)12-10(17)18-2/h3,5H,1,4H2,2H3,(H,11,14,16)(H,12,15,17). The first-order valence-corrected chi connectivity index (χ1v) is 4.83. The molecule has 0 unspecified atom stereocenters. The van der Waals surface area contributed by atoms with Gasteiger partial charge in [-0.3, -0.25) is 24.5 Å². The molecule has 0 atom stereocenters. The molecule has 96 valence electrons. The average molecular weight is 253 g/mol. The Kier molecular flexibility index (Phi) is 4.19. The van der Waals surface area contributed by atoms with Crippen LogP contribution in [0.25, 0.3) is 0 Å². The Labute approximate surface area is 101 Å². The molecule has 0 spiro atoms. The summed E-state index contributed by atoms with van der Waals surface area (Å²) in [6.07, 6.45) is 1.46. The third-order valence-corrected chi connectivity index (χ3v) is 1.98. The van der Waals surface area contributed by atoms with Crippen LogP contribution in [0.4, 0.5) is 4.79 Å². The average Bonchev–Trinajstić information content (AvgIpc) is 2.32. The van der Waals surface area contributed by atoms with Crippen LogP contribution in [0.15, 0.2) is 28.4 Å². The lowest BCUT2D eigenvalue weighted by atomic mass is 10.3. The molecular weight excluding hydrogens is 242 g/mol. The van der Waals surface area contributed by atoms with Crippen molar-refractivity contribution in [3.63, 3.8) is 0 Å². The van der Waals surface area contributed by atoms with E-state index in [-0.39, 0.29) is 12.1 Å². The molecule has 1 aromatic heterocycles. The second-order valence-electron chi connectivity index (χ2n) is 3.19. The fourth-order valence-electron chi connectivity index (χ4n) is 1.16. The second-order valence-corrected chi connectivity index (χ2v) is 3.19. The minimum absolute atomic E-state index is 0.119. The van der Waals surface area contributed by atoms with Crippen LogP contribution >= 0.6 is 0 Å². The molecule has 2 N–H and O–H groups in total. The van der Waals surface area contributed by atoms with Crippen LogP contribution in [0, 0.1) is 0 Å². The maximum atomic E-state index is 11.5. The highest BCUT2D eigenvalue weighted by atomic mass is 16.5. The number of carbonyl (C=O) groups is 2. The number of amides is 2. The first kappa shape index (κ1) is 13.4. The van der Waals surface area contributed by atoms with Crippen molar-refractivity contribution in [3.8, 4) is 0 Å². The maximum Gasteiger partial charge on any atom is 0.413 e. The molecule has 8 nitrogen and oxygen atoms in total. The van der Waals surface area contributed by atoms with Gasteiger partial charge in [-0.2, -0.15) is 0 Å². The van der Waals surface area contributed by atoms with Crippen LogP contribution in [0.1, 0.15) is 10.4 Å². The van der Waals surface area contributed by atoms with Gasteiger partial charge in [-0.15, -0.1) is 6.58 Å². The highest BCUT2D eigenvalue weighted by molar-refractivity contribution is 6.02. The molecule has 0 bridgehead atoms. The van der Waals surface area contributed by atoms with E-state index in [4.69, 9.17) is 0 Å². The number of hydrogen-bond acceptors (Lipinski definition) is 5. The minimum Gasteiger partial charge on any atom is -0.453 e. The van der Waals surface area contributed by atoms with Crippen molar-refractivity contribution < 1.29 is 14.3 Å². The SMILES string of the molecule is C=CCn1cc(C(=O)NC(=O)OC)c(=O)[nH]c1=O. The summed E-state index contributed by atoms with van der Waals surface area (Å²) in [7, 11) is 1.07. The third kappa shape index (κ3) is 2.94. The largest absolute Gasteiger partial charge is 0.453 e. The topological polar surface area (TPSA) is 110 Å². The van der Waals surface area contributed by atoms with Crippen LogP contribution in [-0.4, -0.2) is 28.7 Å². The Balaban J connectivity index is 3.16. The van der Waals surface area contributed by atoms with Crippen molar-refractivity contribution in [1.82, 2.24) is 14.9 Å². The van der Waals surface area contributed by atoms with E-state index in [0.29, 0.717) is 0 Å². The van der Waals surface area contributed by atoms with E-state index in [1.54, 1.807) is 0 Å². The predicted molar refractivity (Wildman–Crippen MR) is 61.4 cm³/mol. The van der Waals surface area contributed by atoms with E-state index in [0.717, 1.165) is 17.9 Å². The Morgan fingerprint density at radius 3 is 2.78 bits per heavy atom. The molecule has 8 heteroatoms. The van der Waals surface area contributed by atoms with Gasteiger partial charge in [0.05, 0.1) is 7.11 Å². The number of carbonyl (C=O) groups excluding carboxylic acids is 2. The number of alkyl carbamates (subject to hydrolysis) is 1. The number of H-pyrrole nitrogens is 1. The molecule has 0 aliphatic rings. The lowest BCUT2D eigenvalue weighted by Gasteiger charge is -2.05. The van der Waals surface area contributed by atoms with E-state index in [1.807, 2.05) is 10.3 Å². The molecule has 0 aromatic carbocycles. The summed E-state index contributed by atoms with van der Waals surface area (Å²) in [6, 6.07) is 0. The Bertz CT molecular complexity index is 598. The Morgan fingerprint density at radius 2 is 2.22 bits per heavy atom. The van der Waals surface area contributed by atoms with Crippen LogP contribution in [0.2, 0.25) is 0 Å². The monoisotopic (exact) mass is 253 g/mol. The highest BCUT2D eigenvalue weighted by Gasteiger charge is 2.15. The summed E-state index contributed by atoms with van der Waals surface area (Å²) < 4.78 is 5.29. The molecule has 0 saturated carbocycles. The number of imide groups is 1. The number of nitrogens with zero attached hydrogens (tertiary/aromatic N) is 1. The van der Waals surface area contributed by atoms with Gasteiger partial charge in [0.2, 0.25) is 0 Å². The quantitative estimate of drug-likeness (QED) is 0.686. The highest BCUT2D eigenvalue weighted by Crippen LogP contribution is 1.90. The molecule has 0 aliphatic carbocycles. The van der Waals surface area contributed by atoms with Gasteiger partial charge in [-0.1, -0.05) is 6.08 Å². The van der Waals surface area contributed by atoms with Gasteiger partial charge in [0.25, 0.3) is 11.5 Å². The molecule has 1 aromatic rings. The summed E-state index contributed by atoms with van der Waals surface area (Å²) in [5.41, 5.74) is -1.93. The molecular formula is C10H11N3O5. The zero-order valence-corrected chi connectivity index (χ0v) is 9.56. The van der Waals surface area contributed by atoms with Crippen LogP contribution in [0.5, 0.6) is 0 Å². The third-order valence-electron chi connectivity index (χ3n) is 1.98. The fourth-order valence-corrected chi connectivity index (χ4v) is 1.16. The zero-order chi connectivity index (χ0) is 13.7. The second kappa shape index (κ2) is 5.62. The van der Waals surface area contributed by atoms with Gasteiger partial charge in [0.1, 0.15) is 5.56 Å². The van der Waals surface area contributed by atoms with Crippen molar-refractivity contribution in [2.75, 3.05) is 7.11 Å². The molecule has 1 heterocycles. The lowest BCUT2D eigenvalue weighted by Crippen LogP contribution is -2.38. The minimum atomic E-state index is -0.999. The number of hydrogen-bond donors (Lipinski definition) is 2. The van der Waals surface area contributed by atoms with Crippen LogP contribution in [0.3, 0.4) is 0 Å². The number of methoxy groups -OCH3 is 1. The molecule has 2 amide bonds. The van der Waals surface area contributed by atoms with Crippen molar-refractivity contribution in [3.05, 3.63) is 45.3 Å². The van der Waals surface area contributed by atoms with Crippen molar-refractivity contribution >= 4 is 12.0 Å². The Hall–Kier alpha value is -2.64. The van der Waals surface area contributed by atoms with Gasteiger partial charge in [0.15, 0.2) is 0 Å². The van der Waals surface area contributed by atoms with Crippen LogP contribution < -0.4 is 16.6 Å². The summed E-state index contributed by atoms with van der Waals surface area (Å²) in [5.74, 6) is -0.957. The summed E-state index contributed by atoms with van der Waals surface area (Å²) in [6.45, 7) is 3.55. The van der Waals surface area contributed by atoms with Gasteiger partial charge in [0, 0.05) is 12.7 Å². The first-order valence-electron chi connectivity index (χ1n) is 4.83. The number of aromatic nitrogens is 2. The summed E-state index contributed by atoms with van der Waals surface area (Å²) >= 11 is 0. The maximum absolute atomic E-state index is 11.5. The molecule has 0 aliphatic heterocycles. The number of aromatic amines is 1. The van der Waals surface area contributed by atoms with Crippen molar-refractivity contribution in [2.45, 2.75) is 6.54 Å². The predicted octanol–water partition coefficient (Wildman–Crippen LogP) is -0.781. The number of nitrogens with one attached hydrogen (secondary N) is 2.